The summed E-state index contributed by atoms with van der Waals surface area (Å²) in [5.74, 6) is 0. The van der Waals surface area contributed by atoms with Crippen LogP contribution in [0.5, 0.6) is 0 Å². The zero-order valence-electron chi connectivity index (χ0n) is 10.3. The van der Waals surface area contributed by atoms with Gasteiger partial charge in [0.25, 0.3) is 0 Å². The first-order valence-corrected chi connectivity index (χ1v) is 6.89. The molecule has 0 aliphatic rings. The third-order valence-corrected chi connectivity index (χ3v) is 3.15. The second-order valence-electron chi connectivity index (χ2n) is 3.60. The van der Waals surface area contributed by atoms with E-state index in [0.29, 0.717) is 0 Å². The summed E-state index contributed by atoms with van der Waals surface area (Å²) < 4.78 is 35.9. The molecule has 0 spiro atoms. The van der Waals surface area contributed by atoms with Crippen molar-refractivity contribution in [1.29, 1.82) is 0 Å². The molecule has 0 unspecified atom stereocenters. The third kappa shape index (κ3) is 4.09. The highest BCUT2D eigenvalue weighted by Crippen LogP contribution is 2.12. The highest BCUT2D eigenvalue weighted by atomic mass is 35.7. The molecule has 0 saturated heterocycles. The Bertz CT molecular complexity index is 561. The third-order valence-electron chi connectivity index (χ3n) is 2.33. The van der Waals surface area contributed by atoms with Gasteiger partial charge < -0.3 is 0 Å². The van der Waals surface area contributed by atoms with Crippen molar-refractivity contribution in [3.05, 3.63) is 22.0 Å². The number of hydrogen-bond donors (Lipinski definition) is 0. The predicted molar refractivity (Wildman–Crippen MR) is 52.0 cm³/mol. The summed E-state index contributed by atoms with van der Waals surface area (Å²) in [5.41, 5.74) is 3.51. The van der Waals surface area contributed by atoms with Gasteiger partial charge in [0.15, 0.2) is 5.69 Å². The van der Waals surface area contributed by atoms with Gasteiger partial charge in [0, 0.05) is 19.4 Å². The maximum absolute atomic E-state index is 8.49. The largest absolute Gasteiger partial charge is 0.410 e. The highest BCUT2D eigenvalue weighted by Gasteiger charge is 2.17. The van der Waals surface area contributed by atoms with E-state index in [1.807, 2.05) is 18.4 Å². The molecule has 2 aromatic heterocycles. The molecule has 0 N–H and O–H groups in total. The summed E-state index contributed by atoms with van der Waals surface area (Å²) in [5, 5.41) is 5.44. The summed E-state index contributed by atoms with van der Waals surface area (Å²) in [4.78, 5) is 5.46. The first kappa shape index (κ1) is 15.2. The molecule has 100 valence electrons. The van der Waals surface area contributed by atoms with E-state index in [1.165, 1.54) is 11.3 Å². The molecule has 2 heterocycles. The summed E-state index contributed by atoms with van der Waals surface area (Å²) in [7, 11) is -4.94. The van der Waals surface area contributed by atoms with Gasteiger partial charge in [-0.1, -0.05) is 9.61 Å². The van der Waals surface area contributed by atoms with Crippen molar-refractivity contribution in [2.45, 2.75) is 27.7 Å². The fourth-order valence-electron chi connectivity index (χ4n) is 1.32. The van der Waals surface area contributed by atoms with Crippen molar-refractivity contribution in [1.82, 2.24) is 10.1 Å². The molecule has 0 fully saturated rings. The summed E-state index contributed by atoms with van der Waals surface area (Å²) in [6.45, 7) is 8.20. The van der Waals surface area contributed by atoms with E-state index in [0.717, 1.165) is 15.7 Å². The zero-order chi connectivity index (χ0) is 14.1. The molecule has 0 bridgehead atoms. The Balaban J connectivity index is 0.000000280. The van der Waals surface area contributed by atoms with Crippen LogP contribution in [0.2, 0.25) is 0 Å². The maximum Gasteiger partial charge on any atom is 0.410 e. The first-order valence-electron chi connectivity index (χ1n) is 4.84. The molecule has 0 radical (unpaired) electrons. The van der Waals surface area contributed by atoms with Crippen molar-refractivity contribution >= 4 is 16.3 Å². The van der Waals surface area contributed by atoms with Crippen LogP contribution in [-0.2, 0) is 0 Å². The Hall–Kier alpha value is -0.900. The van der Waals surface area contributed by atoms with Gasteiger partial charge in [-0.3, -0.25) is 0 Å². The SMILES string of the molecule is Cc1n[n+]2c(C)c(C)c(C)nc2s1.[O-][Cl+3]([O-])([O-])[O-]. The van der Waals surface area contributed by atoms with Crippen LogP contribution in [0.15, 0.2) is 0 Å². The number of aryl methyl sites for hydroxylation is 3. The molecule has 0 amide bonds. The normalized spacial score (nSPS) is 11.3. The minimum absolute atomic E-state index is 0.984. The Morgan fingerprint density at radius 2 is 1.56 bits per heavy atom. The summed E-state index contributed by atoms with van der Waals surface area (Å²) >= 11 is 1.63. The topological polar surface area (TPSA) is 122 Å². The second kappa shape index (κ2) is 5.39. The van der Waals surface area contributed by atoms with Gasteiger partial charge in [0.2, 0.25) is 0 Å². The van der Waals surface area contributed by atoms with Crippen molar-refractivity contribution in [3.8, 4) is 0 Å². The van der Waals surface area contributed by atoms with Crippen LogP contribution in [0.25, 0.3) is 4.96 Å². The lowest BCUT2D eigenvalue weighted by molar-refractivity contribution is -2.00. The number of hydrogen-bond acceptors (Lipinski definition) is 7. The van der Waals surface area contributed by atoms with Gasteiger partial charge >= 0.3 is 4.96 Å². The van der Waals surface area contributed by atoms with E-state index in [1.54, 1.807) is 11.3 Å². The van der Waals surface area contributed by atoms with E-state index < -0.39 is 10.2 Å². The Labute approximate surface area is 110 Å². The standard InChI is InChI=1S/C9H12N3S.ClHO4/c1-5-6(2)10-9-12(7(5)3)11-8(4)13-9;2-1(3,4)5/h1-4H3;(H,2,3,4,5)/q+1;/p-1. The van der Waals surface area contributed by atoms with Gasteiger partial charge in [-0.25, -0.2) is 18.6 Å². The van der Waals surface area contributed by atoms with Gasteiger partial charge in [-0.2, -0.15) is 0 Å². The van der Waals surface area contributed by atoms with E-state index in [9.17, 15) is 0 Å². The molecule has 0 aliphatic carbocycles. The molecule has 0 aromatic carbocycles. The summed E-state index contributed by atoms with van der Waals surface area (Å²) in [6.07, 6.45) is 0. The van der Waals surface area contributed by atoms with Crippen LogP contribution < -0.4 is 23.2 Å². The molecular weight excluding hydrogens is 282 g/mol. The molecule has 0 aliphatic heterocycles. The number of rotatable bonds is 0. The van der Waals surface area contributed by atoms with E-state index in [2.05, 4.69) is 23.9 Å². The van der Waals surface area contributed by atoms with Crippen LogP contribution in [0.4, 0.5) is 0 Å². The number of nitrogens with zero attached hydrogens (tertiary/aromatic N) is 3. The molecular formula is C9H12ClN3O4S. The molecule has 0 saturated carbocycles. The number of fused-ring (bicyclic) bond motifs is 1. The second-order valence-corrected chi connectivity index (χ2v) is 5.52. The van der Waals surface area contributed by atoms with Crippen molar-refractivity contribution in [2.24, 2.45) is 0 Å². The lowest BCUT2D eigenvalue weighted by atomic mass is 10.2. The smallest absolute Gasteiger partial charge is 0.222 e. The minimum atomic E-state index is -4.94. The van der Waals surface area contributed by atoms with Crippen molar-refractivity contribution in [3.63, 3.8) is 0 Å². The molecule has 0 atom stereocenters. The molecule has 2 aromatic rings. The fraction of sp³-hybridized carbons (Fsp3) is 0.444. The quantitative estimate of drug-likeness (QED) is 0.470. The van der Waals surface area contributed by atoms with Crippen LogP contribution in [-0.4, -0.2) is 10.1 Å². The Morgan fingerprint density at radius 1 is 1.06 bits per heavy atom. The molecule has 18 heavy (non-hydrogen) atoms. The molecule has 9 heteroatoms. The fourth-order valence-corrected chi connectivity index (χ4v) is 2.15. The Morgan fingerprint density at radius 3 is 2.06 bits per heavy atom. The van der Waals surface area contributed by atoms with Crippen LogP contribution in [0.1, 0.15) is 22.0 Å². The minimum Gasteiger partial charge on any atom is -0.222 e. The lowest BCUT2D eigenvalue weighted by Crippen LogP contribution is -2.68. The maximum atomic E-state index is 8.49. The highest BCUT2D eigenvalue weighted by molar-refractivity contribution is 7.16. The average molecular weight is 294 g/mol. The van der Waals surface area contributed by atoms with Crippen LogP contribution in [0.3, 0.4) is 0 Å². The van der Waals surface area contributed by atoms with Gasteiger partial charge in [-0.15, -0.1) is 10.2 Å². The van der Waals surface area contributed by atoms with Gasteiger partial charge in [0.1, 0.15) is 10.7 Å². The van der Waals surface area contributed by atoms with E-state index >= 15 is 0 Å². The van der Waals surface area contributed by atoms with E-state index in [4.69, 9.17) is 18.6 Å². The summed E-state index contributed by atoms with van der Waals surface area (Å²) in [6, 6.07) is 0. The zero-order valence-corrected chi connectivity index (χ0v) is 11.8. The number of aromatic nitrogens is 3. The predicted octanol–water partition coefficient (Wildman–Crippen LogP) is -3.25. The monoisotopic (exact) mass is 293 g/mol. The van der Waals surface area contributed by atoms with Crippen molar-refractivity contribution < 1.29 is 33.4 Å². The molecule has 7 nitrogen and oxygen atoms in total. The number of halogens is 1. The van der Waals surface area contributed by atoms with Crippen molar-refractivity contribution in [2.75, 3.05) is 0 Å². The lowest BCUT2D eigenvalue weighted by Gasteiger charge is -2.17. The van der Waals surface area contributed by atoms with Crippen LogP contribution in [0, 0.1) is 37.9 Å². The van der Waals surface area contributed by atoms with Gasteiger partial charge in [-0.05, 0) is 30.2 Å². The van der Waals surface area contributed by atoms with Gasteiger partial charge in [0.05, 0.1) is 0 Å². The molecule has 2 rings (SSSR count). The Kier molecular flexibility index (Phi) is 4.54. The van der Waals surface area contributed by atoms with E-state index in [-0.39, 0.29) is 0 Å². The van der Waals surface area contributed by atoms with Crippen LogP contribution >= 0.6 is 11.3 Å². The first-order chi connectivity index (χ1) is 8.09. The average Bonchev–Trinajstić information content (AvgIpc) is 2.53.